The van der Waals surface area contributed by atoms with Crippen molar-refractivity contribution < 1.29 is 14.3 Å². The maximum Gasteiger partial charge on any atom is 0.256 e. The van der Waals surface area contributed by atoms with Crippen LogP contribution >= 0.6 is 11.3 Å². The molecule has 0 saturated carbocycles. The van der Waals surface area contributed by atoms with Gasteiger partial charge in [0.1, 0.15) is 12.4 Å². The summed E-state index contributed by atoms with van der Waals surface area (Å²) in [5.74, 6) is 0.844. The third-order valence-corrected chi connectivity index (χ3v) is 4.93. The van der Waals surface area contributed by atoms with Gasteiger partial charge in [0, 0.05) is 17.6 Å². The summed E-state index contributed by atoms with van der Waals surface area (Å²) < 4.78 is 5.90. The van der Waals surface area contributed by atoms with Crippen molar-refractivity contribution in [1.82, 2.24) is 0 Å². The fraction of sp³-hybridized carbons (Fsp3) is 0.400. The van der Waals surface area contributed by atoms with Crippen LogP contribution in [-0.4, -0.2) is 25.0 Å². The standard InChI is InChI=1S/C20H24N2O3S/c1-13(2)10-22-16-9-15(21-18(23)14-7-8-26-11-14)5-6-17(16)25-12-20(3,4)19(22)24/h5-9,11,13H,10,12H2,1-4H3,(H,21,23). The van der Waals surface area contributed by atoms with Crippen LogP contribution in [0.25, 0.3) is 0 Å². The number of fused-ring (bicyclic) bond motifs is 1. The molecule has 0 bridgehead atoms. The van der Waals surface area contributed by atoms with Gasteiger partial charge in [0.15, 0.2) is 0 Å². The van der Waals surface area contributed by atoms with Gasteiger partial charge in [-0.2, -0.15) is 11.3 Å². The lowest BCUT2D eigenvalue weighted by Crippen LogP contribution is -2.43. The van der Waals surface area contributed by atoms with E-state index in [0.717, 1.165) is 0 Å². The number of nitrogens with zero attached hydrogens (tertiary/aromatic N) is 1. The van der Waals surface area contributed by atoms with Crippen molar-refractivity contribution in [2.24, 2.45) is 11.3 Å². The molecule has 0 radical (unpaired) electrons. The normalized spacial score (nSPS) is 16.0. The highest BCUT2D eigenvalue weighted by Gasteiger charge is 2.38. The summed E-state index contributed by atoms with van der Waals surface area (Å²) in [6.45, 7) is 8.87. The number of benzene rings is 1. The first kappa shape index (κ1) is 18.5. The zero-order chi connectivity index (χ0) is 18.9. The average Bonchev–Trinajstić information content (AvgIpc) is 3.10. The van der Waals surface area contributed by atoms with Crippen LogP contribution in [0.5, 0.6) is 5.75 Å². The van der Waals surface area contributed by atoms with Crippen molar-refractivity contribution in [3.63, 3.8) is 0 Å². The lowest BCUT2D eigenvalue weighted by atomic mass is 9.92. The zero-order valence-corrected chi connectivity index (χ0v) is 16.4. The number of hydrogen-bond donors (Lipinski definition) is 1. The predicted molar refractivity (Wildman–Crippen MR) is 105 cm³/mol. The third kappa shape index (κ3) is 3.75. The van der Waals surface area contributed by atoms with E-state index in [-0.39, 0.29) is 11.8 Å². The SMILES string of the molecule is CC(C)CN1C(=O)C(C)(C)COc2ccc(NC(=O)c3ccsc3)cc21. The number of rotatable bonds is 4. The molecular weight excluding hydrogens is 348 g/mol. The second-order valence-corrected chi connectivity index (χ2v) is 8.41. The summed E-state index contributed by atoms with van der Waals surface area (Å²) in [7, 11) is 0. The van der Waals surface area contributed by atoms with E-state index in [9.17, 15) is 9.59 Å². The Labute approximate surface area is 158 Å². The molecule has 138 valence electrons. The van der Waals surface area contributed by atoms with Crippen LogP contribution in [0.4, 0.5) is 11.4 Å². The zero-order valence-electron chi connectivity index (χ0n) is 15.5. The van der Waals surface area contributed by atoms with Gasteiger partial charge in [-0.1, -0.05) is 13.8 Å². The summed E-state index contributed by atoms with van der Waals surface area (Å²) in [4.78, 5) is 27.2. The lowest BCUT2D eigenvalue weighted by molar-refractivity contribution is -0.127. The van der Waals surface area contributed by atoms with Gasteiger partial charge in [-0.25, -0.2) is 0 Å². The second-order valence-electron chi connectivity index (χ2n) is 7.63. The first-order valence-corrected chi connectivity index (χ1v) is 9.64. The van der Waals surface area contributed by atoms with Crippen molar-refractivity contribution in [2.45, 2.75) is 27.7 Å². The Bertz CT molecular complexity index is 812. The van der Waals surface area contributed by atoms with Crippen LogP contribution in [0.2, 0.25) is 0 Å². The molecule has 0 spiro atoms. The molecule has 1 N–H and O–H groups in total. The van der Waals surface area contributed by atoms with E-state index in [1.165, 1.54) is 11.3 Å². The fourth-order valence-corrected chi connectivity index (χ4v) is 3.50. The molecule has 1 aromatic carbocycles. The Kier molecular flexibility index (Phi) is 5.05. The predicted octanol–water partition coefficient (Wildman–Crippen LogP) is 4.41. The minimum Gasteiger partial charge on any atom is -0.490 e. The lowest BCUT2D eigenvalue weighted by Gasteiger charge is -2.29. The van der Waals surface area contributed by atoms with Crippen LogP contribution in [-0.2, 0) is 4.79 Å². The Morgan fingerprint density at radius 1 is 1.35 bits per heavy atom. The van der Waals surface area contributed by atoms with Crippen LogP contribution in [0.1, 0.15) is 38.1 Å². The van der Waals surface area contributed by atoms with Crippen LogP contribution < -0.4 is 15.0 Å². The highest BCUT2D eigenvalue weighted by atomic mass is 32.1. The number of hydrogen-bond acceptors (Lipinski definition) is 4. The van der Waals surface area contributed by atoms with E-state index in [2.05, 4.69) is 19.2 Å². The van der Waals surface area contributed by atoms with E-state index in [0.29, 0.717) is 41.8 Å². The Morgan fingerprint density at radius 3 is 2.77 bits per heavy atom. The largest absolute Gasteiger partial charge is 0.490 e. The number of thiophene rings is 1. The van der Waals surface area contributed by atoms with E-state index in [1.807, 2.05) is 31.4 Å². The third-order valence-electron chi connectivity index (χ3n) is 4.25. The maximum absolute atomic E-state index is 13.0. The Hall–Kier alpha value is -2.34. The van der Waals surface area contributed by atoms with E-state index in [1.54, 1.807) is 22.4 Å². The van der Waals surface area contributed by atoms with Crippen molar-refractivity contribution in [3.8, 4) is 5.75 Å². The second kappa shape index (κ2) is 7.11. The van der Waals surface area contributed by atoms with Crippen molar-refractivity contribution in [3.05, 3.63) is 40.6 Å². The first-order chi connectivity index (χ1) is 12.3. The number of amides is 2. The Balaban J connectivity index is 1.95. The molecule has 2 amide bonds. The minimum absolute atomic E-state index is 0.0336. The van der Waals surface area contributed by atoms with Gasteiger partial charge in [-0.05, 0) is 49.4 Å². The molecule has 1 aromatic heterocycles. The molecule has 6 heteroatoms. The maximum atomic E-state index is 13.0. The molecule has 0 atom stereocenters. The van der Waals surface area contributed by atoms with E-state index < -0.39 is 5.41 Å². The van der Waals surface area contributed by atoms with E-state index >= 15 is 0 Å². The summed E-state index contributed by atoms with van der Waals surface area (Å²) in [5, 5.41) is 6.57. The number of carbonyl (C=O) groups is 2. The number of nitrogens with one attached hydrogen (secondary N) is 1. The topological polar surface area (TPSA) is 58.6 Å². The van der Waals surface area contributed by atoms with Crippen molar-refractivity contribution >= 4 is 34.5 Å². The van der Waals surface area contributed by atoms with Crippen LogP contribution in [0.3, 0.4) is 0 Å². The minimum atomic E-state index is -0.603. The molecule has 26 heavy (non-hydrogen) atoms. The quantitative estimate of drug-likeness (QED) is 0.865. The fourth-order valence-electron chi connectivity index (χ4n) is 2.87. The monoisotopic (exact) mass is 372 g/mol. The first-order valence-electron chi connectivity index (χ1n) is 8.70. The molecule has 5 nitrogen and oxygen atoms in total. The van der Waals surface area contributed by atoms with Crippen LogP contribution in [0, 0.1) is 11.3 Å². The molecular formula is C20H24N2O3S. The molecule has 0 saturated heterocycles. The van der Waals surface area contributed by atoms with Gasteiger partial charge < -0.3 is 15.0 Å². The smallest absolute Gasteiger partial charge is 0.256 e. The van der Waals surface area contributed by atoms with Gasteiger partial charge in [0.05, 0.1) is 16.7 Å². The highest BCUT2D eigenvalue weighted by molar-refractivity contribution is 7.08. The molecule has 3 rings (SSSR count). The molecule has 0 unspecified atom stereocenters. The van der Waals surface area contributed by atoms with Gasteiger partial charge in [0.2, 0.25) is 5.91 Å². The van der Waals surface area contributed by atoms with Crippen molar-refractivity contribution in [2.75, 3.05) is 23.4 Å². The average molecular weight is 372 g/mol. The molecule has 2 aromatic rings. The summed E-state index contributed by atoms with van der Waals surface area (Å²) in [5.41, 5.74) is 1.37. The highest BCUT2D eigenvalue weighted by Crippen LogP contribution is 2.38. The molecule has 0 aliphatic carbocycles. The van der Waals surface area contributed by atoms with Crippen LogP contribution in [0.15, 0.2) is 35.0 Å². The summed E-state index contributed by atoms with van der Waals surface area (Å²) in [6, 6.07) is 7.23. The molecule has 0 fully saturated rings. The number of carbonyl (C=O) groups excluding carboxylic acids is 2. The summed E-state index contributed by atoms with van der Waals surface area (Å²) >= 11 is 1.48. The number of anilines is 2. The van der Waals surface area contributed by atoms with Gasteiger partial charge in [0.25, 0.3) is 5.91 Å². The number of ether oxygens (including phenoxy) is 1. The van der Waals surface area contributed by atoms with Gasteiger partial charge >= 0.3 is 0 Å². The molecule has 1 aliphatic heterocycles. The van der Waals surface area contributed by atoms with Gasteiger partial charge in [-0.3, -0.25) is 9.59 Å². The molecule has 2 heterocycles. The van der Waals surface area contributed by atoms with E-state index in [4.69, 9.17) is 4.74 Å². The van der Waals surface area contributed by atoms with Crippen molar-refractivity contribution in [1.29, 1.82) is 0 Å². The van der Waals surface area contributed by atoms with Gasteiger partial charge in [-0.15, -0.1) is 0 Å². The summed E-state index contributed by atoms with van der Waals surface area (Å²) in [6.07, 6.45) is 0. The molecule has 1 aliphatic rings. The Morgan fingerprint density at radius 2 is 2.12 bits per heavy atom.